The molecule has 0 radical (unpaired) electrons. The van der Waals surface area contributed by atoms with Crippen LogP contribution in [0.2, 0.25) is 0 Å². The van der Waals surface area contributed by atoms with Crippen molar-refractivity contribution in [3.05, 3.63) is 56.1 Å². The van der Waals surface area contributed by atoms with Gasteiger partial charge in [0, 0.05) is 15.8 Å². The number of benzene rings is 1. The molecular weight excluding hydrogens is 360 g/mol. The molecule has 0 bridgehead atoms. The van der Waals surface area contributed by atoms with E-state index in [1.807, 2.05) is 5.38 Å². The van der Waals surface area contributed by atoms with E-state index in [4.69, 9.17) is 0 Å². The first-order valence-electron chi connectivity index (χ1n) is 9.06. The van der Waals surface area contributed by atoms with Gasteiger partial charge in [-0.15, -0.1) is 22.7 Å². The van der Waals surface area contributed by atoms with E-state index in [1.165, 1.54) is 52.2 Å². The highest BCUT2D eigenvalue weighted by Crippen LogP contribution is 2.31. The van der Waals surface area contributed by atoms with Gasteiger partial charge in [0.25, 0.3) is 5.91 Å². The Morgan fingerprint density at radius 3 is 2.85 bits per heavy atom. The molecule has 0 aliphatic heterocycles. The molecule has 2 aromatic heterocycles. The molecular formula is C21H22N2OS2. The molecule has 5 heteroatoms. The number of aromatic nitrogens is 1. The molecule has 3 nitrogen and oxygen atoms in total. The molecule has 1 aliphatic carbocycles. The standard InChI is InChI=1S/C21H22N2OS2/c1-13-8-9-14(2)16(10-13)17-12-25-21(22-17)23-20(24)19-11-15-6-4-3-5-7-18(15)26-19/h8-12H,3-7H2,1-2H3,(H,22,23,24). The van der Waals surface area contributed by atoms with Gasteiger partial charge in [-0.3, -0.25) is 10.1 Å². The summed E-state index contributed by atoms with van der Waals surface area (Å²) in [4.78, 5) is 19.5. The van der Waals surface area contributed by atoms with Gasteiger partial charge in [-0.25, -0.2) is 4.98 Å². The van der Waals surface area contributed by atoms with Gasteiger partial charge < -0.3 is 0 Å². The summed E-state index contributed by atoms with van der Waals surface area (Å²) >= 11 is 3.13. The second-order valence-electron chi connectivity index (χ2n) is 6.93. The smallest absolute Gasteiger partial charge is 0.267 e. The molecule has 1 aliphatic rings. The number of amides is 1. The van der Waals surface area contributed by atoms with E-state index < -0.39 is 0 Å². The molecule has 26 heavy (non-hydrogen) atoms. The summed E-state index contributed by atoms with van der Waals surface area (Å²) in [5.41, 5.74) is 5.83. The van der Waals surface area contributed by atoms with Crippen molar-refractivity contribution < 1.29 is 4.79 Å². The number of aryl methyl sites for hydroxylation is 4. The first kappa shape index (κ1) is 17.4. The molecule has 0 fully saturated rings. The zero-order valence-corrected chi connectivity index (χ0v) is 16.7. The minimum Gasteiger partial charge on any atom is -0.297 e. The van der Waals surface area contributed by atoms with E-state index in [2.05, 4.69) is 48.4 Å². The Morgan fingerprint density at radius 2 is 1.96 bits per heavy atom. The van der Waals surface area contributed by atoms with Crippen molar-refractivity contribution in [3.8, 4) is 11.3 Å². The molecule has 2 heterocycles. The van der Waals surface area contributed by atoms with Crippen LogP contribution in [0.25, 0.3) is 11.3 Å². The molecule has 0 unspecified atom stereocenters. The van der Waals surface area contributed by atoms with E-state index in [9.17, 15) is 4.79 Å². The average Bonchev–Trinajstić information content (AvgIpc) is 3.19. The Morgan fingerprint density at radius 1 is 1.12 bits per heavy atom. The maximum atomic E-state index is 12.7. The highest BCUT2D eigenvalue weighted by atomic mass is 32.1. The third kappa shape index (κ3) is 3.60. The molecule has 1 aromatic carbocycles. The second kappa shape index (κ2) is 7.33. The molecule has 3 aromatic rings. The molecule has 0 atom stereocenters. The Hall–Kier alpha value is -1.98. The van der Waals surface area contributed by atoms with Crippen LogP contribution < -0.4 is 5.32 Å². The average molecular weight is 383 g/mol. The molecule has 1 amide bonds. The van der Waals surface area contributed by atoms with Crippen LogP contribution in [0, 0.1) is 13.8 Å². The fourth-order valence-electron chi connectivity index (χ4n) is 3.40. The van der Waals surface area contributed by atoms with Crippen LogP contribution in [0.15, 0.2) is 29.6 Å². The zero-order valence-electron chi connectivity index (χ0n) is 15.1. The number of thiazole rings is 1. The predicted octanol–water partition coefficient (Wildman–Crippen LogP) is 6.01. The maximum absolute atomic E-state index is 12.7. The minimum absolute atomic E-state index is 0.0371. The lowest BCUT2D eigenvalue weighted by atomic mass is 10.0. The molecule has 1 N–H and O–H groups in total. The number of nitrogens with one attached hydrogen (secondary N) is 1. The normalized spacial score (nSPS) is 13.9. The zero-order chi connectivity index (χ0) is 18.1. The summed E-state index contributed by atoms with van der Waals surface area (Å²) in [6.45, 7) is 4.17. The molecule has 134 valence electrons. The van der Waals surface area contributed by atoms with E-state index in [1.54, 1.807) is 11.3 Å². The van der Waals surface area contributed by atoms with Crippen LogP contribution in [0.4, 0.5) is 5.13 Å². The Balaban J connectivity index is 1.52. The van der Waals surface area contributed by atoms with Crippen LogP contribution in [0.3, 0.4) is 0 Å². The van der Waals surface area contributed by atoms with E-state index in [-0.39, 0.29) is 5.91 Å². The summed E-state index contributed by atoms with van der Waals surface area (Å²) in [6.07, 6.45) is 5.98. The summed E-state index contributed by atoms with van der Waals surface area (Å²) < 4.78 is 0. The monoisotopic (exact) mass is 382 g/mol. The molecule has 0 spiro atoms. The maximum Gasteiger partial charge on any atom is 0.267 e. The van der Waals surface area contributed by atoms with Crippen LogP contribution in [0.1, 0.15) is 50.5 Å². The number of fused-ring (bicyclic) bond motifs is 1. The number of hydrogen-bond acceptors (Lipinski definition) is 4. The van der Waals surface area contributed by atoms with Crippen molar-refractivity contribution >= 4 is 33.7 Å². The number of thiophene rings is 1. The van der Waals surface area contributed by atoms with Crippen LogP contribution in [-0.4, -0.2) is 10.9 Å². The van der Waals surface area contributed by atoms with Crippen LogP contribution in [0.5, 0.6) is 0 Å². The summed E-state index contributed by atoms with van der Waals surface area (Å²) in [5.74, 6) is -0.0371. The fourth-order valence-corrected chi connectivity index (χ4v) is 5.26. The lowest BCUT2D eigenvalue weighted by Crippen LogP contribution is -2.09. The van der Waals surface area contributed by atoms with E-state index in [0.29, 0.717) is 5.13 Å². The number of rotatable bonds is 3. The first-order valence-corrected chi connectivity index (χ1v) is 10.8. The van der Waals surface area contributed by atoms with Crippen molar-refractivity contribution in [2.45, 2.75) is 46.0 Å². The van der Waals surface area contributed by atoms with E-state index >= 15 is 0 Å². The van der Waals surface area contributed by atoms with Crippen molar-refractivity contribution in [2.24, 2.45) is 0 Å². The molecule has 4 rings (SSSR count). The third-order valence-corrected chi connectivity index (χ3v) is 6.86. The van der Waals surface area contributed by atoms with Crippen molar-refractivity contribution in [3.63, 3.8) is 0 Å². The van der Waals surface area contributed by atoms with Gasteiger partial charge in [-0.1, -0.05) is 24.1 Å². The SMILES string of the molecule is Cc1ccc(C)c(-c2csc(NC(=O)c3cc4c(s3)CCCCC4)n2)c1. The van der Waals surface area contributed by atoms with Crippen molar-refractivity contribution in [1.29, 1.82) is 0 Å². The molecule has 0 saturated carbocycles. The number of carbonyl (C=O) groups is 1. The Bertz CT molecular complexity index is 931. The Labute approximate surface area is 162 Å². The quantitative estimate of drug-likeness (QED) is 0.564. The number of anilines is 1. The van der Waals surface area contributed by atoms with Gasteiger partial charge in [-0.05, 0) is 62.8 Å². The Kier molecular flexibility index (Phi) is 4.92. The van der Waals surface area contributed by atoms with Gasteiger partial charge in [0.15, 0.2) is 5.13 Å². The van der Waals surface area contributed by atoms with Crippen molar-refractivity contribution in [2.75, 3.05) is 5.32 Å². The van der Waals surface area contributed by atoms with Crippen LogP contribution in [-0.2, 0) is 12.8 Å². The first-order chi connectivity index (χ1) is 12.6. The third-order valence-electron chi connectivity index (χ3n) is 4.86. The van der Waals surface area contributed by atoms with Gasteiger partial charge in [0.1, 0.15) is 0 Å². The molecule has 0 saturated heterocycles. The van der Waals surface area contributed by atoms with Gasteiger partial charge in [0.05, 0.1) is 10.6 Å². The minimum atomic E-state index is -0.0371. The predicted molar refractivity (Wildman–Crippen MR) is 111 cm³/mol. The highest BCUT2D eigenvalue weighted by Gasteiger charge is 2.17. The van der Waals surface area contributed by atoms with Gasteiger partial charge in [0.2, 0.25) is 0 Å². The highest BCUT2D eigenvalue weighted by molar-refractivity contribution is 7.15. The second-order valence-corrected chi connectivity index (χ2v) is 8.92. The number of hydrogen-bond donors (Lipinski definition) is 1. The summed E-state index contributed by atoms with van der Waals surface area (Å²) in [7, 11) is 0. The lowest BCUT2D eigenvalue weighted by Gasteiger charge is -2.04. The van der Waals surface area contributed by atoms with Gasteiger partial charge >= 0.3 is 0 Å². The van der Waals surface area contributed by atoms with E-state index in [0.717, 1.165) is 29.0 Å². The van der Waals surface area contributed by atoms with Gasteiger partial charge in [-0.2, -0.15) is 0 Å². The summed E-state index contributed by atoms with van der Waals surface area (Å²) in [5, 5.41) is 5.66. The number of carbonyl (C=O) groups excluding carboxylic acids is 1. The van der Waals surface area contributed by atoms with Crippen molar-refractivity contribution in [1.82, 2.24) is 4.98 Å². The van der Waals surface area contributed by atoms with Crippen LogP contribution >= 0.6 is 22.7 Å². The summed E-state index contributed by atoms with van der Waals surface area (Å²) in [6, 6.07) is 8.45. The number of nitrogens with zero attached hydrogens (tertiary/aromatic N) is 1. The lowest BCUT2D eigenvalue weighted by molar-refractivity contribution is 0.103. The largest absolute Gasteiger partial charge is 0.297 e. The fraction of sp³-hybridized carbons (Fsp3) is 0.333. The topological polar surface area (TPSA) is 42.0 Å².